The topological polar surface area (TPSA) is 21.1 Å². The number of fused-ring (bicyclic) bond motifs is 1. The van der Waals surface area contributed by atoms with Gasteiger partial charge in [-0.3, -0.25) is 4.90 Å². The second-order valence-electron chi connectivity index (χ2n) is 4.76. The minimum absolute atomic E-state index is 0.177. The molecule has 3 aromatic rings. The quantitative estimate of drug-likeness (QED) is 0.705. The predicted octanol–water partition coefficient (Wildman–Crippen LogP) is 4.33. The van der Waals surface area contributed by atoms with Crippen molar-refractivity contribution in [2.45, 2.75) is 25.9 Å². The third kappa shape index (κ3) is 3.12. The number of hydrogen-bond acceptors (Lipinski definition) is 2. The van der Waals surface area contributed by atoms with Crippen molar-refractivity contribution in [3.63, 3.8) is 0 Å². The molecule has 0 N–H and O–H groups in total. The fourth-order valence-electron chi connectivity index (χ4n) is 2.23. The highest BCUT2D eigenvalue weighted by molar-refractivity contribution is 6.30. The maximum atomic E-state index is 8.94. The van der Waals surface area contributed by atoms with E-state index in [4.69, 9.17) is 30.8 Å². The van der Waals surface area contributed by atoms with E-state index in [9.17, 15) is 0 Å². The largest absolute Gasteiger partial charge is 0.322 e. The molecule has 4 heteroatoms. The van der Waals surface area contributed by atoms with Crippen molar-refractivity contribution in [1.29, 1.82) is 0 Å². The molecule has 0 aliphatic carbocycles. The summed E-state index contributed by atoms with van der Waals surface area (Å²) in [6.07, 6.45) is -0.354. The van der Waals surface area contributed by atoms with Crippen LogP contribution in [-0.2, 0) is 13.0 Å². The van der Waals surface area contributed by atoms with Crippen LogP contribution in [0.25, 0.3) is 11.0 Å². The second-order valence-corrected chi connectivity index (χ2v) is 5.14. The number of imidazole rings is 1. The molecule has 0 atom stereocenters. The molecule has 1 saturated heterocycles. The van der Waals surface area contributed by atoms with Gasteiger partial charge in [0.05, 0.1) is 31.3 Å². The van der Waals surface area contributed by atoms with E-state index in [0.29, 0.717) is 4.57 Å². The summed E-state index contributed by atoms with van der Waals surface area (Å²) in [5, 5.41) is -0.536. The van der Waals surface area contributed by atoms with Gasteiger partial charge in [-0.15, -0.1) is 0 Å². The van der Waals surface area contributed by atoms with Gasteiger partial charge < -0.3 is 4.57 Å². The molecular weight excluding hydrogens is 306 g/mol. The van der Waals surface area contributed by atoms with E-state index < -0.39 is 96.3 Å². The standard InChI is InChI=1S/C19H20ClN3/c20-16-9-7-15(8-10-16)13-23-18-6-2-1-5-17(18)21-19(23)14-22-11-3-4-12-22/h1-2,5-10H,3-4,11-14H2/i1D,2D,5D,6D,7D,8D,9D,10D,11D2,12D2,13D2. The molecule has 23 heavy (non-hydrogen) atoms. The van der Waals surface area contributed by atoms with Gasteiger partial charge in [-0.1, -0.05) is 35.8 Å². The van der Waals surface area contributed by atoms with Crippen molar-refractivity contribution in [3.05, 3.63) is 64.7 Å². The van der Waals surface area contributed by atoms with Gasteiger partial charge in [-0.2, -0.15) is 0 Å². The Morgan fingerprint density at radius 3 is 2.65 bits per heavy atom. The van der Waals surface area contributed by atoms with Crippen molar-refractivity contribution >= 4 is 22.6 Å². The third-order valence-electron chi connectivity index (χ3n) is 3.22. The molecule has 1 aliphatic heterocycles. The average molecular weight is 340 g/mol. The van der Waals surface area contributed by atoms with Crippen LogP contribution in [0.3, 0.4) is 0 Å². The van der Waals surface area contributed by atoms with Crippen LogP contribution < -0.4 is 0 Å². The van der Waals surface area contributed by atoms with E-state index in [1.807, 2.05) is 0 Å². The Labute approximate surface area is 161 Å². The smallest absolute Gasteiger partial charge is 0.124 e. The molecule has 0 saturated carbocycles. The van der Waals surface area contributed by atoms with E-state index >= 15 is 0 Å². The molecule has 0 bridgehead atoms. The lowest BCUT2D eigenvalue weighted by Crippen LogP contribution is -2.21. The highest BCUT2D eigenvalue weighted by Crippen LogP contribution is 2.21. The Kier molecular flexibility index (Phi) is 1.63. The molecular formula is C19H20ClN3. The summed E-state index contributed by atoms with van der Waals surface area (Å²) in [6.45, 7) is -8.02. The van der Waals surface area contributed by atoms with Crippen molar-refractivity contribution in [2.75, 3.05) is 13.0 Å². The van der Waals surface area contributed by atoms with Crippen LogP contribution in [0.15, 0.2) is 48.3 Å². The summed E-state index contributed by atoms with van der Waals surface area (Å²) in [6, 6.07) is -5.78. The van der Waals surface area contributed by atoms with Gasteiger partial charge in [-0.25, -0.2) is 4.98 Å². The molecule has 1 aromatic heterocycles. The molecule has 3 nitrogen and oxygen atoms in total. The van der Waals surface area contributed by atoms with Gasteiger partial charge in [-0.05, 0) is 55.6 Å². The number of benzene rings is 2. The molecule has 2 aromatic carbocycles. The van der Waals surface area contributed by atoms with E-state index in [-0.39, 0.29) is 18.4 Å². The molecule has 0 spiro atoms. The Morgan fingerprint density at radius 2 is 1.87 bits per heavy atom. The van der Waals surface area contributed by atoms with Gasteiger partial charge in [0.2, 0.25) is 0 Å². The fourth-order valence-corrected chi connectivity index (χ4v) is 2.33. The van der Waals surface area contributed by atoms with Crippen LogP contribution in [0.2, 0.25) is 5.02 Å². The lowest BCUT2D eigenvalue weighted by Gasteiger charge is -2.16. The number of hydrogen-bond donors (Lipinski definition) is 0. The van der Waals surface area contributed by atoms with Crippen molar-refractivity contribution in [1.82, 2.24) is 14.5 Å². The van der Waals surface area contributed by atoms with E-state index in [2.05, 4.69) is 4.98 Å². The molecule has 4 rings (SSSR count). The van der Waals surface area contributed by atoms with Crippen LogP contribution in [0.4, 0.5) is 0 Å². The second kappa shape index (κ2) is 6.34. The molecule has 0 radical (unpaired) electrons. The summed E-state index contributed by atoms with van der Waals surface area (Å²) in [5.74, 6) is -0.395. The van der Waals surface area contributed by atoms with Gasteiger partial charge in [0.25, 0.3) is 0 Å². The monoisotopic (exact) mass is 339 g/mol. The highest BCUT2D eigenvalue weighted by atomic mass is 35.5. The van der Waals surface area contributed by atoms with Crippen molar-refractivity contribution < 1.29 is 19.2 Å². The van der Waals surface area contributed by atoms with Crippen LogP contribution in [0.1, 0.15) is 43.4 Å². The van der Waals surface area contributed by atoms with Crippen LogP contribution in [0, 0.1) is 0 Å². The van der Waals surface area contributed by atoms with Crippen LogP contribution in [0.5, 0.6) is 0 Å². The molecule has 2 heterocycles. The SMILES string of the molecule is [2H]c1c([2H])c(C([2H])([2H])n2c(CN3C([2H])([2H])CCC3([2H])[2H])nc3c([2H])c([2H])c([2H])c([2H])c32)c([2H])c([2H])c1Cl. The maximum absolute atomic E-state index is 8.94. The number of halogens is 1. The molecule has 0 amide bonds. The first-order valence-corrected chi connectivity index (χ1v) is 7.26. The number of aromatic nitrogens is 2. The van der Waals surface area contributed by atoms with Crippen molar-refractivity contribution in [2.24, 2.45) is 0 Å². The zero-order chi connectivity index (χ0) is 28.0. The van der Waals surface area contributed by atoms with E-state index in [0.717, 1.165) is 4.90 Å². The summed E-state index contributed by atoms with van der Waals surface area (Å²) in [5.41, 5.74) is -1.63. The number of likely N-dealkylation sites (tertiary alicyclic amines) is 1. The molecule has 0 unspecified atom stereocenters. The minimum atomic E-state index is -3.02. The van der Waals surface area contributed by atoms with Gasteiger partial charge in [0.1, 0.15) is 5.82 Å². The summed E-state index contributed by atoms with van der Waals surface area (Å²) in [4.78, 5) is 4.98. The summed E-state index contributed by atoms with van der Waals surface area (Å²) < 4.78 is 117. The lowest BCUT2D eigenvalue weighted by atomic mass is 10.2. The Bertz CT molecular complexity index is 1410. The zero-order valence-electron chi connectivity index (χ0n) is 25.8. The molecule has 118 valence electrons. The first-order chi connectivity index (χ1) is 16.9. The van der Waals surface area contributed by atoms with Crippen LogP contribution >= 0.6 is 11.6 Å². The first-order valence-electron chi connectivity index (χ1n) is 13.9. The normalized spacial score (nSPS) is 29.3. The van der Waals surface area contributed by atoms with E-state index in [1.54, 1.807) is 0 Å². The highest BCUT2D eigenvalue weighted by Gasteiger charge is 2.17. The van der Waals surface area contributed by atoms with E-state index in [1.165, 1.54) is 0 Å². The van der Waals surface area contributed by atoms with Crippen LogP contribution in [-0.4, -0.2) is 27.4 Å². The summed E-state index contributed by atoms with van der Waals surface area (Å²) >= 11 is 5.87. The lowest BCUT2D eigenvalue weighted by molar-refractivity contribution is 0.318. The number of rotatable bonds is 4. The summed E-state index contributed by atoms with van der Waals surface area (Å²) in [7, 11) is 0. The first kappa shape index (κ1) is 5.91. The third-order valence-corrected chi connectivity index (χ3v) is 3.41. The minimum Gasteiger partial charge on any atom is -0.322 e. The Balaban J connectivity index is 2.12. The predicted molar refractivity (Wildman–Crippen MR) is 94.8 cm³/mol. The molecule has 1 aliphatic rings. The Morgan fingerprint density at radius 1 is 1.13 bits per heavy atom. The maximum Gasteiger partial charge on any atom is 0.124 e. The number of nitrogens with zero attached hydrogens (tertiary/aromatic N) is 3. The number of para-hydroxylation sites is 2. The van der Waals surface area contributed by atoms with Crippen molar-refractivity contribution in [3.8, 4) is 0 Å². The fraction of sp³-hybridized carbons (Fsp3) is 0.316. The zero-order valence-corrected chi connectivity index (χ0v) is 12.6. The average Bonchev–Trinajstić information content (AvgIpc) is 3.30. The molecule has 1 fully saturated rings. The van der Waals surface area contributed by atoms with Gasteiger partial charge in [0.15, 0.2) is 0 Å². The Hall–Kier alpha value is -1.84. The van der Waals surface area contributed by atoms with Gasteiger partial charge >= 0.3 is 0 Å². The van der Waals surface area contributed by atoms with Gasteiger partial charge in [0, 0.05) is 17.0 Å².